The first kappa shape index (κ1) is 10.8. The topological polar surface area (TPSA) is 0 Å². The van der Waals surface area contributed by atoms with Crippen molar-refractivity contribution < 1.29 is 13.2 Å². The zero-order valence-corrected chi connectivity index (χ0v) is 7.04. The molecule has 0 unspecified atom stereocenters. The molecule has 0 spiro atoms. The van der Waals surface area contributed by atoms with Gasteiger partial charge in [0.05, 0.1) is 0 Å². The van der Waals surface area contributed by atoms with Crippen molar-refractivity contribution in [2.24, 2.45) is 5.92 Å². The van der Waals surface area contributed by atoms with Gasteiger partial charge in [-0.05, 0) is 12.3 Å². The molecule has 68 valence electrons. The second kappa shape index (κ2) is 4.62. The van der Waals surface area contributed by atoms with Crippen LogP contribution in [0, 0.1) is 5.92 Å². The molecule has 0 atom stereocenters. The molecule has 0 aliphatic rings. The van der Waals surface area contributed by atoms with Gasteiger partial charge < -0.3 is 0 Å². The lowest BCUT2D eigenvalue weighted by Crippen LogP contribution is -2.06. The average Bonchev–Trinajstić information content (AvgIpc) is 1.78. The number of unbranched alkanes of at least 4 members (excludes halogenated alkanes) is 1. The van der Waals surface area contributed by atoms with Crippen molar-refractivity contribution in [1.82, 2.24) is 0 Å². The Balaban J connectivity index is 3.15. The van der Waals surface area contributed by atoms with E-state index in [1.54, 1.807) is 0 Å². The molecule has 0 N–H and O–H groups in total. The van der Waals surface area contributed by atoms with Crippen LogP contribution in [0.2, 0.25) is 0 Å². The van der Waals surface area contributed by atoms with E-state index in [1.807, 2.05) is 13.8 Å². The lowest BCUT2D eigenvalue weighted by Gasteiger charge is -2.06. The van der Waals surface area contributed by atoms with Gasteiger partial charge in [-0.15, -0.1) is 0 Å². The second-order valence-electron chi connectivity index (χ2n) is 3.25. The van der Waals surface area contributed by atoms with Crippen LogP contribution in [0.4, 0.5) is 13.2 Å². The molecule has 0 fully saturated rings. The van der Waals surface area contributed by atoms with Gasteiger partial charge in [0.2, 0.25) is 0 Å². The van der Waals surface area contributed by atoms with Gasteiger partial charge in [-0.3, -0.25) is 0 Å². The van der Waals surface area contributed by atoms with Crippen LogP contribution in [-0.2, 0) is 0 Å². The monoisotopic (exact) mass is 168 g/mol. The van der Waals surface area contributed by atoms with Gasteiger partial charge >= 0.3 is 6.18 Å². The van der Waals surface area contributed by atoms with Crippen molar-refractivity contribution in [1.29, 1.82) is 0 Å². The summed E-state index contributed by atoms with van der Waals surface area (Å²) in [5.74, 6) is 0.517. The van der Waals surface area contributed by atoms with Gasteiger partial charge in [0.15, 0.2) is 0 Å². The minimum Gasteiger partial charge on any atom is -0.171 e. The molecule has 0 aliphatic heterocycles. The number of rotatable bonds is 4. The maximum atomic E-state index is 11.6. The minimum absolute atomic E-state index is 0.279. The molecule has 0 saturated carbocycles. The largest absolute Gasteiger partial charge is 0.389 e. The highest BCUT2D eigenvalue weighted by atomic mass is 19.4. The first-order valence-electron chi connectivity index (χ1n) is 3.98. The lowest BCUT2D eigenvalue weighted by molar-refractivity contribution is -0.135. The van der Waals surface area contributed by atoms with Crippen molar-refractivity contribution in [2.75, 3.05) is 0 Å². The summed E-state index contributed by atoms with van der Waals surface area (Å²) in [6, 6.07) is 0. The molecule has 0 nitrogen and oxygen atoms in total. The summed E-state index contributed by atoms with van der Waals surface area (Å²) in [5, 5.41) is 0. The van der Waals surface area contributed by atoms with E-state index in [0.717, 1.165) is 6.42 Å². The summed E-state index contributed by atoms with van der Waals surface area (Å²) in [7, 11) is 0. The summed E-state index contributed by atoms with van der Waals surface area (Å²) in [4.78, 5) is 0. The fraction of sp³-hybridized carbons (Fsp3) is 1.00. The smallest absolute Gasteiger partial charge is 0.171 e. The normalized spacial score (nSPS) is 12.5. The SMILES string of the molecule is CC(C)CCCCC(F)(F)F. The van der Waals surface area contributed by atoms with Crippen molar-refractivity contribution >= 4 is 0 Å². The van der Waals surface area contributed by atoms with Gasteiger partial charge in [0.1, 0.15) is 0 Å². The third-order valence-corrected chi connectivity index (χ3v) is 1.49. The van der Waals surface area contributed by atoms with E-state index >= 15 is 0 Å². The number of halogens is 3. The van der Waals surface area contributed by atoms with Crippen LogP contribution in [-0.4, -0.2) is 6.18 Å². The van der Waals surface area contributed by atoms with Crippen LogP contribution in [0.3, 0.4) is 0 Å². The van der Waals surface area contributed by atoms with Crippen molar-refractivity contribution in [2.45, 2.75) is 45.7 Å². The molecule has 0 amide bonds. The predicted molar refractivity (Wildman–Crippen MR) is 39.4 cm³/mol. The Labute approximate surface area is 65.8 Å². The summed E-state index contributed by atoms with van der Waals surface area (Å²) in [6.45, 7) is 4.04. The van der Waals surface area contributed by atoms with E-state index in [-0.39, 0.29) is 6.42 Å². The third kappa shape index (κ3) is 9.79. The molecule has 0 heterocycles. The third-order valence-electron chi connectivity index (χ3n) is 1.49. The standard InChI is InChI=1S/C8H15F3/c1-7(2)5-3-4-6-8(9,10)11/h7H,3-6H2,1-2H3. The number of hydrogen-bond acceptors (Lipinski definition) is 0. The summed E-state index contributed by atoms with van der Waals surface area (Å²) < 4.78 is 34.7. The van der Waals surface area contributed by atoms with Crippen molar-refractivity contribution in [3.05, 3.63) is 0 Å². The maximum absolute atomic E-state index is 11.6. The Morgan fingerprint density at radius 3 is 2.00 bits per heavy atom. The maximum Gasteiger partial charge on any atom is 0.389 e. The fourth-order valence-corrected chi connectivity index (χ4v) is 0.878. The van der Waals surface area contributed by atoms with Gasteiger partial charge in [-0.2, -0.15) is 13.2 Å². The highest BCUT2D eigenvalue weighted by molar-refractivity contribution is 4.52. The van der Waals surface area contributed by atoms with Crippen LogP contribution < -0.4 is 0 Å². The van der Waals surface area contributed by atoms with E-state index in [2.05, 4.69) is 0 Å². The Kier molecular flexibility index (Phi) is 4.54. The fourth-order valence-electron chi connectivity index (χ4n) is 0.878. The van der Waals surface area contributed by atoms with Crippen LogP contribution in [0.5, 0.6) is 0 Å². The lowest BCUT2D eigenvalue weighted by atomic mass is 10.1. The predicted octanol–water partition coefficient (Wildman–Crippen LogP) is 3.77. The number of alkyl halides is 3. The van der Waals surface area contributed by atoms with Crippen LogP contribution in [0.1, 0.15) is 39.5 Å². The average molecular weight is 168 g/mol. The molecule has 0 radical (unpaired) electrons. The molecule has 11 heavy (non-hydrogen) atoms. The summed E-state index contributed by atoms with van der Waals surface area (Å²) in [6.07, 6.45) is -2.72. The molecule has 3 heteroatoms. The Morgan fingerprint density at radius 2 is 1.64 bits per heavy atom. The molecule has 0 aromatic rings. The highest BCUT2D eigenvalue weighted by Crippen LogP contribution is 2.23. The quantitative estimate of drug-likeness (QED) is 0.560. The van der Waals surface area contributed by atoms with Crippen molar-refractivity contribution in [3.63, 3.8) is 0 Å². The molecule has 0 bridgehead atoms. The van der Waals surface area contributed by atoms with E-state index in [0.29, 0.717) is 12.3 Å². The van der Waals surface area contributed by atoms with Gasteiger partial charge in [0, 0.05) is 6.42 Å². The van der Waals surface area contributed by atoms with E-state index in [1.165, 1.54) is 0 Å². The Morgan fingerprint density at radius 1 is 1.09 bits per heavy atom. The molecule has 0 aliphatic carbocycles. The van der Waals surface area contributed by atoms with E-state index in [9.17, 15) is 13.2 Å². The molecule has 0 saturated heterocycles. The molecular weight excluding hydrogens is 153 g/mol. The highest BCUT2D eigenvalue weighted by Gasteiger charge is 2.25. The first-order chi connectivity index (χ1) is 4.92. The zero-order valence-electron chi connectivity index (χ0n) is 7.04. The van der Waals surface area contributed by atoms with Crippen molar-refractivity contribution in [3.8, 4) is 0 Å². The number of hydrogen-bond donors (Lipinski definition) is 0. The van der Waals surface area contributed by atoms with Gasteiger partial charge in [-0.25, -0.2) is 0 Å². The molecule has 0 rings (SSSR count). The molecule has 0 aromatic heterocycles. The Bertz CT molecular complexity index is 94.0. The van der Waals surface area contributed by atoms with Gasteiger partial charge in [-0.1, -0.05) is 26.7 Å². The van der Waals surface area contributed by atoms with E-state index in [4.69, 9.17) is 0 Å². The van der Waals surface area contributed by atoms with Crippen LogP contribution >= 0.6 is 0 Å². The second-order valence-corrected chi connectivity index (χ2v) is 3.25. The molecular formula is C8H15F3. The van der Waals surface area contributed by atoms with Crippen LogP contribution in [0.25, 0.3) is 0 Å². The van der Waals surface area contributed by atoms with Crippen LogP contribution in [0.15, 0.2) is 0 Å². The Hall–Kier alpha value is -0.210. The first-order valence-corrected chi connectivity index (χ1v) is 3.98. The minimum atomic E-state index is -3.96. The molecule has 0 aromatic carbocycles. The zero-order chi connectivity index (χ0) is 8.91. The van der Waals surface area contributed by atoms with E-state index < -0.39 is 12.6 Å². The van der Waals surface area contributed by atoms with Gasteiger partial charge in [0.25, 0.3) is 0 Å². The summed E-state index contributed by atoms with van der Waals surface area (Å²) in [5.41, 5.74) is 0. The summed E-state index contributed by atoms with van der Waals surface area (Å²) >= 11 is 0.